The molecular formula is C21H30N2. The lowest BCUT2D eigenvalue weighted by molar-refractivity contribution is 0.633. The second kappa shape index (κ2) is 6.66. The molecule has 0 fully saturated rings. The molecule has 0 aromatic heterocycles. The largest absolute Gasteiger partial charge is 0.380 e. The molecule has 0 aliphatic rings. The van der Waals surface area contributed by atoms with E-state index in [2.05, 4.69) is 101 Å². The molecule has 0 aliphatic carbocycles. The number of hydrogen-bond acceptors (Lipinski definition) is 2. The van der Waals surface area contributed by atoms with Crippen molar-refractivity contribution in [1.29, 1.82) is 0 Å². The van der Waals surface area contributed by atoms with E-state index >= 15 is 0 Å². The Morgan fingerprint density at radius 2 is 1.04 bits per heavy atom. The summed E-state index contributed by atoms with van der Waals surface area (Å²) >= 11 is 0. The second-order valence-corrected chi connectivity index (χ2v) is 8.33. The minimum Gasteiger partial charge on any atom is -0.380 e. The lowest BCUT2D eigenvalue weighted by atomic mass is 10.0. The summed E-state index contributed by atoms with van der Waals surface area (Å²) in [4.78, 5) is 0. The molecule has 2 nitrogen and oxygen atoms in total. The predicted octanol–water partition coefficient (Wildman–Crippen LogP) is 5.70. The van der Waals surface area contributed by atoms with Crippen LogP contribution in [0, 0.1) is 0 Å². The van der Waals surface area contributed by atoms with Gasteiger partial charge < -0.3 is 10.6 Å². The first-order valence-electron chi connectivity index (χ1n) is 8.35. The van der Waals surface area contributed by atoms with E-state index < -0.39 is 0 Å². The fourth-order valence-corrected chi connectivity index (χ4v) is 2.62. The Kier molecular flexibility index (Phi) is 5.03. The lowest BCUT2D eigenvalue weighted by Crippen LogP contribution is -2.26. The fourth-order valence-electron chi connectivity index (χ4n) is 2.62. The second-order valence-electron chi connectivity index (χ2n) is 8.33. The number of anilines is 2. The molecule has 0 saturated carbocycles. The summed E-state index contributed by atoms with van der Waals surface area (Å²) in [5.41, 5.74) is 5.17. The maximum absolute atomic E-state index is 3.54. The van der Waals surface area contributed by atoms with Crippen LogP contribution in [0.25, 0.3) is 0 Å². The van der Waals surface area contributed by atoms with Gasteiger partial charge in [0.05, 0.1) is 0 Å². The van der Waals surface area contributed by atoms with Gasteiger partial charge in [0.2, 0.25) is 0 Å². The average Bonchev–Trinajstić information content (AvgIpc) is 2.35. The van der Waals surface area contributed by atoms with Gasteiger partial charge >= 0.3 is 0 Å². The van der Waals surface area contributed by atoms with Crippen molar-refractivity contribution in [2.24, 2.45) is 0 Å². The normalized spacial score (nSPS) is 12.1. The van der Waals surface area contributed by atoms with Gasteiger partial charge in [-0.05, 0) is 83.4 Å². The first kappa shape index (κ1) is 17.4. The minimum atomic E-state index is 0.0785. The Bertz CT molecular complexity index is 588. The van der Waals surface area contributed by atoms with Crippen molar-refractivity contribution in [2.45, 2.75) is 59.0 Å². The van der Waals surface area contributed by atoms with E-state index in [1.807, 2.05) is 0 Å². The molecule has 0 radical (unpaired) electrons. The van der Waals surface area contributed by atoms with Crippen LogP contribution in [0.5, 0.6) is 0 Å². The summed E-state index contributed by atoms with van der Waals surface area (Å²) in [6.45, 7) is 13.1. The van der Waals surface area contributed by atoms with Crippen molar-refractivity contribution in [3.8, 4) is 0 Å². The molecule has 0 saturated heterocycles. The van der Waals surface area contributed by atoms with Gasteiger partial charge in [0.1, 0.15) is 0 Å². The van der Waals surface area contributed by atoms with E-state index in [0.717, 1.165) is 6.42 Å². The van der Waals surface area contributed by atoms with Gasteiger partial charge in [0.15, 0.2) is 0 Å². The molecule has 0 spiro atoms. The van der Waals surface area contributed by atoms with Crippen molar-refractivity contribution in [2.75, 3.05) is 10.6 Å². The number of benzene rings is 2. The summed E-state index contributed by atoms with van der Waals surface area (Å²) in [5.74, 6) is 0. The van der Waals surface area contributed by atoms with Gasteiger partial charge in [-0.2, -0.15) is 0 Å². The third-order valence-corrected chi connectivity index (χ3v) is 3.30. The van der Waals surface area contributed by atoms with Crippen molar-refractivity contribution in [3.05, 3.63) is 59.7 Å². The van der Waals surface area contributed by atoms with E-state index in [4.69, 9.17) is 0 Å². The Morgan fingerprint density at radius 1 is 0.652 bits per heavy atom. The quantitative estimate of drug-likeness (QED) is 0.757. The Hall–Kier alpha value is -1.96. The smallest absolute Gasteiger partial charge is 0.0347 e. The first-order chi connectivity index (χ1) is 10.6. The topological polar surface area (TPSA) is 24.1 Å². The molecule has 2 aromatic carbocycles. The minimum absolute atomic E-state index is 0.0785. The average molecular weight is 310 g/mol. The summed E-state index contributed by atoms with van der Waals surface area (Å²) in [7, 11) is 0. The van der Waals surface area contributed by atoms with Gasteiger partial charge in [-0.15, -0.1) is 0 Å². The van der Waals surface area contributed by atoms with Crippen LogP contribution in [-0.2, 0) is 6.42 Å². The van der Waals surface area contributed by atoms with Crippen molar-refractivity contribution >= 4 is 11.4 Å². The van der Waals surface area contributed by atoms with Crippen molar-refractivity contribution in [3.63, 3.8) is 0 Å². The van der Waals surface area contributed by atoms with E-state index in [0.29, 0.717) is 0 Å². The van der Waals surface area contributed by atoms with E-state index in [1.165, 1.54) is 22.5 Å². The molecule has 0 amide bonds. The maximum atomic E-state index is 3.54. The van der Waals surface area contributed by atoms with E-state index in [1.54, 1.807) is 0 Å². The molecule has 23 heavy (non-hydrogen) atoms. The molecule has 0 bridgehead atoms. The van der Waals surface area contributed by atoms with Gasteiger partial charge in [-0.1, -0.05) is 24.3 Å². The zero-order valence-electron chi connectivity index (χ0n) is 15.3. The maximum Gasteiger partial charge on any atom is 0.0347 e. The highest BCUT2D eigenvalue weighted by molar-refractivity contribution is 5.51. The highest BCUT2D eigenvalue weighted by Gasteiger charge is 2.11. The molecule has 124 valence electrons. The summed E-state index contributed by atoms with van der Waals surface area (Å²) in [6.07, 6.45) is 0.944. The van der Waals surface area contributed by atoms with Crippen molar-refractivity contribution in [1.82, 2.24) is 0 Å². The first-order valence-corrected chi connectivity index (χ1v) is 8.35. The molecule has 0 heterocycles. The molecule has 2 heteroatoms. The molecule has 2 N–H and O–H groups in total. The monoisotopic (exact) mass is 310 g/mol. The van der Waals surface area contributed by atoms with Crippen LogP contribution >= 0.6 is 0 Å². The van der Waals surface area contributed by atoms with Gasteiger partial charge in [-0.25, -0.2) is 0 Å². The molecule has 0 aliphatic heterocycles. The molecular weight excluding hydrogens is 280 g/mol. The number of nitrogens with one attached hydrogen (secondary N) is 2. The summed E-state index contributed by atoms with van der Waals surface area (Å²) < 4.78 is 0. The van der Waals surface area contributed by atoms with E-state index in [-0.39, 0.29) is 11.1 Å². The van der Waals surface area contributed by atoms with Gasteiger partial charge in [-0.3, -0.25) is 0 Å². The SMILES string of the molecule is CC(C)(C)Nc1cccc(Cc2cccc(NC(C)(C)C)c2)c1. The standard InChI is InChI=1S/C21H30N2/c1-20(2,3)22-18-11-7-9-16(14-18)13-17-10-8-12-19(15-17)23-21(4,5)6/h7-12,14-15,22-23H,13H2,1-6H3. The molecule has 2 rings (SSSR count). The van der Waals surface area contributed by atoms with Crippen LogP contribution in [0.3, 0.4) is 0 Å². The third-order valence-electron chi connectivity index (χ3n) is 3.30. The van der Waals surface area contributed by atoms with Crippen LogP contribution in [-0.4, -0.2) is 11.1 Å². The highest BCUT2D eigenvalue weighted by atomic mass is 15.0. The zero-order valence-corrected chi connectivity index (χ0v) is 15.3. The lowest BCUT2D eigenvalue weighted by Gasteiger charge is -2.23. The van der Waals surface area contributed by atoms with Crippen LogP contribution in [0.1, 0.15) is 52.7 Å². The summed E-state index contributed by atoms with van der Waals surface area (Å²) in [6, 6.07) is 17.4. The molecule has 0 unspecified atom stereocenters. The third kappa shape index (κ3) is 6.35. The van der Waals surface area contributed by atoms with Crippen LogP contribution in [0.4, 0.5) is 11.4 Å². The predicted molar refractivity (Wildman–Crippen MR) is 102 cm³/mol. The van der Waals surface area contributed by atoms with Crippen LogP contribution in [0.15, 0.2) is 48.5 Å². The molecule has 0 atom stereocenters. The van der Waals surface area contributed by atoms with Crippen LogP contribution < -0.4 is 10.6 Å². The number of hydrogen-bond donors (Lipinski definition) is 2. The molecule has 2 aromatic rings. The zero-order chi connectivity index (χ0) is 17.1. The number of rotatable bonds is 4. The fraction of sp³-hybridized carbons (Fsp3) is 0.429. The van der Waals surface area contributed by atoms with Gasteiger partial charge in [0, 0.05) is 22.5 Å². The Morgan fingerprint density at radius 3 is 1.39 bits per heavy atom. The Labute approximate surface area is 141 Å². The van der Waals surface area contributed by atoms with Gasteiger partial charge in [0.25, 0.3) is 0 Å². The van der Waals surface area contributed by atoms with E-state index in [9.17, 15) is 0 Å². The highest BCUT2D eigenvalue weighted by Crippen LogP contribution is 2.21. The Balaban J connectivity index is 2.13. The van der Waals surface area contributed by atoms with Crippen LogP contribution in [0.2, 0.25) is 0 Å². The summed E-state index contributed by atoms with van der Waals surface area (Å²) in [5, 5.41) is 7.07. The van der Waals surface area contributed by atoms with Crippen molar-refractivity contribution < 1.29 is 0 Å².